The average Bonchev–Trinajstić information content (AvgIpc) is 2.97. The van der Waals surface area contributed by atoms with Gasteiger partial charge in [0.25, 0.3) is 0 Å². The third kappa shape index (κ3) is 3.58. The molecule has 0 amide bonds. The number of nitrogens with zero attached hydrogens (tertiary/aromatic N) is 1. The van der Waals surface area contributed by atoms with Crippen molar-refractivity contribution in [3.05, 3.63) is 53.9 Å². The molecular formula is C18H17NO3. The highest BCUT2D eigenvalue weighted by atomic mass is 16.5. The van der Waals surface area contributed by atoms with Crippen LogP contribution >= 0.6 is 0 Å². The quantitative estimate of drug-likeness (QED) is 0.467. The Morgan fingerprint density at radius 3 is 2.82 bits per heavy atom. The van der Waals surface area contributed by atoms with E-state index in [9.17, 15) is 4.79 Å². The highest BCUT2D eigenvalue weighted by Gasteiger charge is 2.06. The van der Waals surface area contributed by atoms with Crippen LogP contribution in [0.1, 0.15) is 16.1 Å². The van der Waals surface area contributed by atoms with Crippen molar-refractivity contribution in [3.63, 3.8) is 0 Å². The Bertz CT molecular complexity index is 735. The Labute approximate surface area is 130 Å². The molecule has 22 heavy (non-hydrogen) atoms. The number of carbonyl (C=O) groups is 1. The number of ketones is 1. The summed E-state index contributed by atoms with van der Waals surface area (Å²) >= 11 is 0. The van der Waals surface area contributed by atoms with Gasteiger partial charge in [0, 0.05) is 13.2 Å². The third-order valence-corrected chi connectivity index (χ3v) is 3.12. The van der Waals surface area contributed by atoms with Gasteiger partial charge < -0.3 is 14.0 Å². The summed E-state index contributed by atoms with van der Waals surface area (Å²) in [4.78, 5) is 12.1. The molecule has 0 aliphatic carbocycles. The van der Waals surface area contributed by atoms with Crippen LogP contribution in [0.2, 0.25) is 0 Å². The summed E-state index contributed by atoms with van der Waals surface area (Å²) in [5, 5.41) is 0. The fourth-order valence-electron chi connectivity index (χ4n) is 2.00. The van der Waals surface area contributed by atoms with Crippen LogP contribution in [-0.2, 0) is 7.05 Å². The van der Waals surface area contributed by atoms with Gasteiger partial charge in [0.1, 0.15) is 6.61 Å². The number of hydrogen-bond acceptors (Lipinski definition) is 3. The summed E-state index contributed by atoms with van der Waals surface area (Å²) in [5.41, 5.74) is 1.48. The summed E-state index contributed by atoms with van der Waals surface area (Å²) in [6.07, 6.45) is 10.3. The van der Waals surface area contributed by atoms with Crippen LogP contribution in [0.3, 0.4) is 0 Å². The Hall–Kier alpha value is -2.93. The number of ether oxygens (including phenoxy) is 2. The monoisotopic (exact) mass is 295 g/mol. The largest absolute Gasteiger partial charge is 0.493 e. The molecule has 2 aromatic rings. The van der Waals surface area contributed by atoms with E-state index in [2.05, 4.69) is 5.92 Å². The number of terminal acetylenes is 1. The molecule has 0 fully saturated rings. The van der Waals surface area contributed by atoms with Crippen LogP contribution < -0.4 is 9.47 Å². The van der Waals surface area contributed by atoms with Crippen molar-refractivity contribution in [1.29, 1.82) is 0 Å². The number of methoxy groups -OCH3 is 1. The first-order valence-corrected chi connectivity index (χ1v) is 6.73. The van der Waals surface area contributed by atoms with Gasteiger partial charge >= 0.3 is 0 Å². The molecule has 0 aliphatic rings. The van der Waals surface area contributed by atoms with E-state index in [4.69, 9.17) is 15.9 Å². The molecule has 1 aromatic heterocycles. The molecule has 0 spiro atoms. The topological polar surface area (TPSA) is 40.5 Å². The van der Waals surface area contributed by atoms with Crippen molar-refractivity contribution in [1.82, 2.24) is 4.57 Å². The molecule has 1 heterocycles. The molecule has 0 radical (unpaired) electrons. The van der Waals surface area contributed by atoms with E-state index in [-0.39, 0.29) is 12.4 Å². The number of carbonyl (C=O) groups excluding carboxylic acids is 1. The highest BCUT2D eigenvalue weighted by Crippen LogP contribution is 2.28. The van der Waals surface area contributed by atoms with Gasteiger partial charge in [0.2, 0.25) is 5.78 Å². The van der Waals surface area contributed by atoms with Gasteiger partial charge in [-0.1, -0.05) is 18.1 Å². The van der Waals surface area contributed by atoms with Crippen molar-refractivity contribution >= 4 is 11.9 Å². The van der Waals surface area contributed by atoms with E-state index in [1.54, 1.807) is 36.0 Å². The van der Waals surface area contributed by atoms with E-state index in [0.29, 0.717) is 17.2 Å². The van der Waals surface area contributed by atoms with Crippen molar-refractivity contribution in [2.45, 2.75) is 0 Å². The Balaban J connectivity index is 2.16. The van der Waals surface area contributed by atoms with Gasteiger partial charge in [-0.3, -0.25) is 4.79 Å². The molecule has 0 saturated carbocycles. The normalized spacial score (nSPS) is 10.4. The lowest BCUT2D eigenvalue weighted by Crippen LogP contribution is -2.01. The number of rotatable bonds is 6. The lowest BCUT2D eigenvalue weighted by Gasteiger charge is -2.09. The molecule has 0 atom stereocenters. The lowest BCUT2D eigenvalue weighted by molar-refractivity contribution is 0.104. The molecule has 0 saturated heterocycles. The van der Waals surface area contributed by atoms with Gasteiger partial charge in [0.05, 0.1) is 12.8 Å². The lowest BCUT2D eigenvalue weighted by atomic mass is 10.1. The zero-order chi connectivity index (χ0) is 15.9. The minimum atomic E-state index is -0.0564. The maximum Gasteiger partial charge on any atom is 0.202 e. The zero-order valence-electron chi connectivity index (χ0n) is 12.6. The zero-order valence-corrected chi connectivity index (χ0v) is 12.6. The van der Waals surface area contributed by atoms with Gasteiger partial charge in [-0.05, 0) is 35.9 Å². The molecule has 2 rings (SSSR count). The van der Waals surface area contributed by atoms with E-state index in [1.165, 1.54) is 6.08 Å². The first-order valence-electron chi connectivity index (χ1n) is 6.73. The first kappa shape index (κ1) is 15.5. The molecule has 4 nitrogen and oxygen atoms in total. The second-order valence-corrected chi connectivity index (χ2v) is 4.61. The number of benzene rings is 1. The predicted octanol–water partition coefficient (Wildman–Crippen LogP) is 2.94. The van der Waals surface area contributed by atoms with Crippen LogP contribution in [0.5, 0.6) is 11.5 Å². The van der Waals surface area contributed by atoms with Crippen LogP contribution in [0.4, 0.5) is 0 Å². The molecule has 112 valence electrons. The van der Waals surface area contributed by atoms with Gasteiger partial charge in [-0.2, -0.15) is 0 Å². The fraction of sp³-hybridized carbons (Fsp3) is 0.167. The Morgan fingerprint density at radius 2 is 2.18 bits per heavy atom. The fourth-order valence-corrected chi connectivity index (χ4v) is 2.00. The van der Waals surface area contributed by atoms with Gasteiger partial charge in [-0.15, -0.1) is 6.42 Å². The summed E-state index contributed by atoms with van der Waals surface area (Å²) in [6, 6.07) is 9.01. The molecule has 0 unspecified atom stereocenters. The van der Waals surface area contributed by atoms with Crippen molar-refractivity contribution in [3.8, 4) is 23.8 Å². The number of hydrogen-bond donors (Lipinski definition) is 0. The van der Waals surface area contributed by atoms with E-state index in [0.717, 1.165) is 5.56 Å². The molecular weight excluding hydrogens is 278 g/mol. The van der Waals surface area contributed by atoms with Crippen LogP contribution in [0.15, 0.2) is 42.6 Å². The van der Waals surface area contributed by atoms with Gasteiger partial charge in [0.15, 0.2) is 11.5 Å². The number of aryl methyl sites for hydroxylation is 1. The average molecular weight is 295 g/mol. The summed E-state index contributed by atoms with van der Waals surface area (Å²) in [5.74, 6) is 3.50. The summed E-state index contributed by atoms with van der Waals surface area (Å²) < 4.78 is 12.4. The molecule has 4 heteroatoms. The highest BCUT2D eigenvalue weighted by molar-refractivity contribution is 6.05. The SMILES string of the molecule is C#CCOc1ccc(/C=C/C(=O)c2cccn2C)cc1OC. The van der Waals surface area contributed by atoms with Crippen LogP contribution in [0.25, 0.3) is 6.08 Å². The second kappa shape index (κ2) is 7.19. The standard InChI is InChI=1S/C18H17NO3/c1-4-12-22-17-10-8-14(13-18(17)21-3)7-9-16(20)15-6-5-11-19(15)2/h1,5-11,13H,12H2,2-3H3/b9-7+. The van der Waals surface area contributed by atoms with E-state index < -0.39 is 0 Å². The van der Waals surface area contributed by atoms with E-state index >= 15 is 0 Å². The van der Waals surface area contributed by atoms with Crippen LogP contribution in [0, 0.1) is 12.3 Å². The smallest absolute Gasteiger partial charge is 0.202 e. The summed E-state index contributed by atoms with van der Waals surface area (Å²) in [6.45, 7) is 0.178. The first-order chi connectivity index (χ1) is 10.7. The van der Waals surface area contributed by atoms with Crippen molar-refractivity contribution in [2.75, 3.05) is 13.7 Å². The van der Waals surface area contributed by atoms with Gasteiger partial charge in [-0.25, -0.2) is 0 Å². The van der Waals surface area contributed by atoms with E-state index in [1.807, 2.05) is 25.4 Å². The number of allylic oxidation sites excluding steroid dienone is 1. The molecule has 0 aliphatic heterocycles. The number of aromatic nitrogens is 1. The third-order valence-electron chi connectivity index (χ3n) is 3.12. The minimum absolute atomic E-state index is 0.0564. The molecule has 0 bridgehead atoms. The minimum Gasteiger partial charge on any atom is -0.493 e. The predicted molar refractivity (Wildman–Crippen MR) is 86.1 cm³/mol. The Morgan fingerprint density at radius 1 is 1.36 bits per heavy atom. The second-order valence-electron chi connectivity index (χ2n) is 4.61. The maximum atomic E-state index is 12.1. The molecule has 0 N–H and O–H groups in total. The van der Waals surface area contributed by atoms with Crippen molar-refractivity contribution in [2.24, 2.45) is 7.05 Å². The molecule has 1 aromatic carbocycles. The summed E-state index contributed by atoms with van der Waals surface area (Å²) in [7, 11) is 3.39. The van der Waals surface area contributed by atoms with Crippen LogP contribution in [-0.4, -0.2) is 24.1 Å². The maximum absolute atomic E-state index is 12.1. The van der Waals surface area contributed by atoms with Crippen molar-refractivity contribution < 1.29 is 14.3 Å². The Kier molecular flexibility index (Phi) is 5.05.